The van der Waals surface area contributed by atoms with Gasteiger partial charge in [-0.2, -0.15) is 0 Å². The van der Waals surface area contributed by atoms with E-state index in [1.807, 2.05) is 42.5 Å². The summed E-state index contributed by atoms with van der Waals surface area (Å²) in [5.41, 5.74) is 3.54. The number of amides is 1. The maximum absolute atomic E-state index is 14.3. The second-order valence-electron chi connectivity index (χ2n) is 6.35. The lowest BCUT2D eigenvalue weighted by molar-refractivity contribution is -0.114. The summed E-state index contributed by atoms with van der Waals surface area (Å²) in [4.78, 5) is 14.4. The first-order valence-electron chi connectivity index (χ1n) is 8.50. The molecule has 134 valence electrons. The summed E-state index contributed by atoms with van der Waals surface area (Å²) >= 11 is 0. The summed E-state index contributed by atoms with van der Waals surface area (Å²) in [7, 11) is 0. The number of hydrogen-bond acceptors (Lipinski definition) is 2. The molecule has 3 aromatic carbocycles. The molecule has 0 aliphatic heterocycles. The molecule has 27 heavy (non-hydrogen) atoms. The maximum atomic E-state index is 14.3. The molecular weight excluding hydrogens is 343 g/mol. The molecule has 1 aromatic heterocycles. The van der Waals surface area contributed by atoms with Crippen molar-refractivity contribution < 1.29 is 14.3 Å². The van der Waals surface area contributed by atoms with Crippen molar-refractivity contribution in [2.45, 2.75) is 6.92 Å². The Morgan fingerprint density at radius 1 is 1.00 bits per heavy atom. The minimum absolute atomic E-state index is 0.0655. The normalized spacial score (nSPS) is 10.9. The van der Waals surface area contributed by atoms with Gasteiger partial charge in [-0.15, -0.1) is 0 Å². The number of halogens is 1. The van der Waals surface area contributed by atoms with E-state index in [9.17, 15) is 14.3 Å². The largest absolute Gasteiger partial charge is 0.507 e. The molecule has 0 unspecified atom stereocenters. The maximum Gasteiger partial charge on any atom is 0.221 e. The second-order valence-corrected chi connectivity index (χ2v) is 6.35. The van der Waals surface area contributed by atoms with Crippen LogP contribution < -0.4 is 5.32 Å². The molecule has 0 saturated heterocycles. The Morgan fingerprint density at radius 2 is 1.78 bits per heavy atom. The summed E-state index contributed by atoms with van der Waals surface area (Å²) in [6.45, 7) is 1.32. The number of carbonyl (C=O) groups is 1. The van der Waals surface area contributed by atoms with Crippen molar-refractivity contribution in [3.63, 3.8) is 0 Å². The van der Waals surface area contributed by atoms with Crippen molar-refractivity contribution in [3.05, 3.63) is 72.5 Å². The van der Waals surface area contributed by atoms with Crippen LogP contribution in [0.5, 0.6) is 5.75 Å². The molecule has 3 N–H and O–H groups in total. The van der Waals surface area contributed by atoms with Gasteiger partial charge in [-0.1, -0.05) is 36.4 Å². The van der Waals surface area contributed by atoms with Crippen LogP contribution >= 0.6 is 0 Å². The Morgan fingerprint density at radius 3 is 2.52 bits per heavy atom. The standard InChI is InChI=1S/C22H17FN2O2/c1-13(26)24-20-10-9-14(11-18(20)23)16-6-4-7-17(22(16)27)21-12-15-5-2-3-8-19(15)25-21/h2-12,25,27H,1H3,(H,24,26). The van der Waals surface area contributed by atoms with E-state index in [-0.39, 0.29) is 17.3 Å². The summed E-state index contributed by atoms with van der Waals surface area (Å²) < 4.78 is 14.3. The zero-order chi connectivity index (χ0) is 19.0. The first-order chi connectivity index (χ1) is 13.0. The Kier molecular flexibility index (Phi) is 4.12. The van der Waals surface area contributed by atoms with Crippen molar-refractivity contribution in [2.75, 3.05) is 5.32 Å². The number of fused-ring (bicyclic) bond motifs is 1. The predicted octanol–water partition coefficient (Wildman–Crippen LogP) is 5.31. The van der Waals surface area contributed by atoms with Crippen LogP contribution in [-0.2, 0) is 4.79 Å². The van der Waals surface area contributed by atoms with Crippen molar-refractivity contribution in [1.82, 2.24) is 4.98 Å². The van der Waals surface area contributed by atoms with Gasteiger partial charge in [-0.25, -0.2) is 4.39 Å². The number of phenols is 1. The SMILES string of the molecule is CC(=O)Nc1ccc(-c2cccc(-c3cc4ccccc4[nH]3)c2O)cc1F. The van der Waals surface area contributed by atoms with Crippen LogP contribution in [0.3, 0.4) is 0 Å². The zero-order valence-corrected chi connectivity index (χ0v) is 14.6. The lowest BCUT2D eigenvalue weighted by Gasteiger charge is -2.11. The molecule has 4 aromatic rings. The van der Waals surface area contributed by atoms with E-state index in [2.05, 4.69) is 10.3 Å². The number of aromatic nitrogens is 1. The molecule has 0 bridgehead atoms. The molecule has 0 aliphatic carbocycles. The van der Waals surface area contributed by atoms with Crippen molar-refractivity contribution in [3.8, 4) is 28.1 Å². The number of phenolic OH excluding ortho intramolecular Hbond substituents is 1. The van der Waals surface area contributed by atoms with Crippen LogP contribution in [0.25, 0.3) is 33.3 Å². The van der Waals surface area contributed by atoms with Crippen LogP contribution in [0.4, 0.5) is 10.1 Å². The van der Waals surface area contributed by atoms with Gasteiger partial charge in [-0.3, -0.25) is 4.79 Å². The van der Waals surface area contributed by atoms with Crippen LogP contribution in [-0.4, -0.2) is 16.0 Å². The fourth-order valence-corrected chi connectivity index (χ4v) is 3.19. The van der Waals surface area contributed by atoms with Gasteiger partial charge in [0.25, 0.3) is 0 Å². The smallest absolute Gasteiger partial charge is 0.221 e. The molecule has 0 fully saturated rings. The quantitative estimate of drug-likeness (QED) is 0.464. The third-order valence-electron chi connectivity index (χ3n) is 4.45. The first-order valence-corrected chi connectivity index (χ1v) is 8.50. The van der Waals surface area contributed by atoms with E-state index < -0.39 is 5.82 Å². The third kappa shape index (κ3) is 3.15. The summed E-state index contributed by atoms with van der Waals surface area (Å²) in [5, 5.41) is 14.3. The molecule has 4 rings (SSSR count). The van der Waals surface area contributed by atoms with Crippen molar-refractivity contribution in [2.24, 2.45) is 0 Å². The molecule has 0 atom stereocenters. The van der Waals surface area contributed by atoms with E-state index in [4.69, 9.17) is 0 Å². The number of rotatable bonds is 3. The molecule has 0 spiro atoms. The third-order valence-corrected chi connectivity index (χ3v) is 4.45. The number of H-pyrrole nitrogens is 1. The van der Waals surface area contributed by atoms with E-state index in [0.29, 0.717) is 16.7 Å². The molecule has 1 amide bonds. The molecule has 0 aliphatic rings. The van der Waals surface area contributed by atoms with Crippen LogP contribution in [0.15, 0.2) is 66.7 Å². The highest BCUT2D eigenvalue weighted by atomic mass is 19.1. The highest BCUT2D eigenvalue weighted by Crippen LogP contribution is 2.39. The zero-order valence-electron chi connectivity index (χ0n) is 14.6. The first kappa shape index (κ1) is 16.8. The number of aromatic amines is 1. The lowest BCUT2D eigenvalue weighted by Crippen LogP contribution is -2.07. The monoisotopic (exact) mass is 360 g/mol. The van der Waals surface area contributed by atoms with Gasteiger partial charge in [0.05, 0.1) is 11.4 Å². The Labute approximate surface area is 155 Å². The number of aromatic hydroxyl groups is 1. The molecule has 0 radical (unpaired) electrons. The summed E-state index contributed by atoms with van der Waals surface area (Å²) in [6, 6.07) is 19.6. The average Bonchev–Trinajstić information content (AvgIpc) is 3.07. The number of para-hydroxylation sites is 2. The highest BCUT2D eigenvalue weighted by Gasteiger charge is 2.14. The van der Waals surface area contributed by atoms with Crippen LogP contribution in [0.1, 0.15) is 6.92 Å². The Bertz CT molecular complexity index is 1130. The number of anilines is 1. The fourth-order valence-electron chi connectivity index (χ4n) is 3.19. The summed E-state index contributed by atoms with van der Waals surface area (Å²) in [6.07, 6.45) is 0. The molecular formula is C22H17FN2O2. The number of benzene rings is 3. The van der Waals surface area contributed by atoms with E-state index in [0.717, 1.165) is 16.6 Å². The van der Waals surface area contributed by atoms with Gasteiger partial charge < -0.3 is 15.4 Å². The number of nitrogens with one attached hydrogen (secondary N) is 2. The number of hydrogen-bond donors (Lipinski definition) is 3. The van der Waals surface area contributed by atoms with Gasteiger partial charge >= 0.3 is 0 Å². The van der Waals surface area contributed by atoms with Gasteiger partial charge in [-0.05, 0) is 35.9 Å². The van der Waals surface area contributed by atoms with Gasteiger partial charge in [0.2, 0.25) is 5.91 Å². The predicted molar refractivity (Wildman–Crippen MR) is 105 cm³/mol. The lowest BCUT2D eigenvalue weighted by atomic mass is 9.99. The average molecular weight is 360 g/mol. The molecule has 0 saturated carbocycles. The molecule has 4 nitrogen and oxygen atoms in total. The molecule has 1 heterocycles. The van der Waals surface area contributed by atoms with E-state index in [1.54, 1.807) is 12.1 Å². The Hall–Kier alpha value is -3.60. The minimum atomic E-state index is -0.557. The fraction of sp³-hybridized carbons (Fsp3) is 0.0455. The van der Waals surface area contributed by atoms with Crippen LogP contribution in [0, 0.1) is 5.82 Å². The van der Waals surface area contributed by atoms with Gasteiger partial charge in [0.15, 0.2) is 0 Å². The van der Waals surface area contributed by atoms with E-state index >= 15 is 0 Å². The Balaban J connectivity index is 1.78. The summed E-state index contributed by atoms with van der Waals surface area (Å²) in [5.74, 6) is -0.834. The van der Waals surface area contributed by atoms with Crippen molar-refractivity contribution >= 4 is 22.5 Å². The minimum Gasteiger partial charge on any atom is -0.507 e. The van der Waals surface area contributed by atoms with Crippen LogP contribution in [0.2, 0.25) is 0 Å². The van der Waals surface area contributed by atoms with Gasteiger partial charge in [0, 0.05) is 29.0 Å². The topological polar surface area (TPSA) is 65.1 Å². The van der Waals surface area contributed by atoms with Gasteiger partial charge in [0.1, 0.15) is 11.6 Å². The van der Waals surface area contributed by atoms with E-state index in [1.165, 1.54) is 19.1 Å². The van der Waals surface area contributed by atoms with Crippen molar-refractivity contribution in [1.29, 1.82) is 0 Å². The second kappa shape index (κ2) is 6.61. The highest BCUT2D eigenvalue weighted by molar-refractivity contribution is 5.91. The molecule has 5 heteroatoms. The number of carbonyl (C=O) groups excluding carboxylic acids is 1.